The van der Waals surface area contributed by atoms with Gasteiger partial charge in [-0.3, -0.25) is 14.5 Å². The van der Waals surface area contributed by atoms with Gasteiger partial charge in [0.25, 0.3) is 11.8 Å². The van der Waals surface area contributed by atoms with Crippen molar-refractivity contribution in [3.63, 3.8) is 0 Å². The summed E-state index contributed by atoms with van der Waals surface area (Å²) in [6.07, 6.45) is 4.50. The molecule has 3 aliphatic heterocycles. The van der Waals surface area contributed by atoms with Gasteiger partial charge in [0, 0.05) is 57.4 Å². The Hall–Kier alpha value is -3.07. The standard InChI is InChI=1S/C27H33F2N5O2/c1-19(35)34-15-10-24(27(28,29)18-34)31-25-16-21(6-11-30-25)26(36)32-13-8-23(9-14-32)33-12-7-20-4-2-3-5-22(20)17-33/h2-6,11,16,23-24H,7-10,12-15,17-18H2,1H3,(H,30,31). The highest BCUT2D eigenvalue weighted by Crippen LogP contribution is 2.30. The summed E-state index contributed by atoms with van der Waals surface area (Å²) in [5.74, 6) is -3.28. The van der Waals surface area contributed by atoms with Crippen LogP contribution in [-0.4, -0.2) is 82.2 Å². The Morgan fingerprint density at radius 1 is 1.00 bits per heavy atom. The molecule has 0 spiro atoms. The van der Waals surface area contributed by atoms with Gasteiger partial charge in [-0.1, -0.05) is 24.3 Å². The maximum absolute atomic E-state index is 14.6. The van der Waals surface area contributed by atoms with Crippen LogP contribution in [0, 0.1) is 0 Å². The number of piperidine rings is 2. The van der Waals surface area contributed by atoms with Gasteiger partial charge in [0.05, 0.1) is 12.6 Å². The highest BCUT2D eigenvalue weighted by atomic mass is 19.3. The summed E-state index contributed by atoms with van der Waals surface area (Å²) >= 11 is 0. The molecule has 0 aliphatic carbocycles. The van der Waals surface area contributed by atoms with Gasteiger partial charge in [0.2, 0.25) is 5.91 Å². The van der Waals surface area contributed by atoms with Crippen molar-refractivity contribution in [2.24, 2.45) is 0 Å². The molecule has 3 aliphatic rings. The maximum atomic E-state index is 14.6. The zero-order chi connectivity index (χ0) is 25.3. The Labute approximate surface area is 210 Å². The van der Waals surface area contributed by atoms with E-state index in [4.69, 9.17) is 0 Å². The molecule has 2 aromatic rings. The van der Waals surface area contributed by atoms with Crippen LogP contribution < -0.4 is 5.32 Å². The number of carbonyl (C=O) groups is 2. The highest BCUT2D eigenvalue weighted by molar-refractivity contribution is 5.94. The van der Waals surface area contributed by atoms with E-state index in [0.29, 0.717) is 24.7 Å². The third-order valence-electron chi connectivity index (χ3n) is 7.80. The first-order valence-corrected chi connectivity index (χ1v) is 12.8. The number of fused-ring (bicyclic) bond motifs is 1. The molecule has 0 radical (unpaired) electrons. The lowest BCUT2D eigenvalue weighted by atomic mass is 9.95. The number of benzene rings is 1. The Morgan fingerprint density at radius 3 is 2.44 bits per heavy atom. The van der Waals surface area contributed by atoms with E-state index >= 15 is 0 Å². The summed E-state index contributed by atoms with van der Waals surface area (Å²) < 4.78 is 29.2. The second-order valence-electron chi connectivity index (χ2n) is 10.1. The molecule has 192 valence electrons. The van der Waals surface area contributed by atoms with E-state index in [9.17, 15) is 18.4 Å². The molecule has 1 atom stereocenters. The molecule has 0 saturated carbocycles. The third-order valence-corrected chi connectivity index (χ3v) is 7.80. The van der Waals surface area contributed by atoms with Crippen molar-refractivity contribution in [2.45, 2.75) is 57.2 Å². The molecule has 0 bridgehead atoms. The lowest BCUT2D eigenvalue weighted by Gasteiger charge is -2.40. The molecule has 36 heavy (non-hydrogen) atoms. The summed E-state index contributed by atoms with van der Waals surface area (Å²) in [7, 11) is 0. The lowest BCUT2D eigenvalue weighted by molar-refractivity contribution is -0.140. The van der Waals surface area contributed by atoms with Crippen molar-refractivity contribution in [3.8, 4) is 0 Å². The first-order valence-electron chi connectivity index (χ1n) is 12.8. The second-order valence-corrected chi connectivity index (χ2v) is 10.1. The van der Waals surface area contributed by atoms with Crippen LogP contribution in [0.2, 0.25) is 0 Å². The molecule has 9 heteroatoms. The number of rotatable bonds is 4. The Morgan fingerprint density at radius 2 is 1.72 bits per heavy atom. The van der Waals surface area contributed by atoms with Crippen LogP contribution in [0.1, 0.15) is 47.7 Å². The number of hydrogen-bond acceptors (Lipinski definition) is 5. The molecule has 1 aromatic carbocycles. The number of hydrogen-bond donors (Lipinski definition) is 1. The van der Waals surface area contributed by atoms with Crippen LogP contribution in [0.5, 0.6) is 0 Å². The van der Waals surface area contributed by atoms with Crippen LogP contribution in [0.15, 0.2) is 42.6 Å². The average Bonchev–Trinajstić information content (AvgIpc) is 2.89. The lowest BCUT2D eigenvalue weighted by Crippen LogP contribution is -2.55. The fraction of sp³-hybridized carbons (Fsp3) is 0.519. The van der Waals surface area contributed by atoms with Crippen molar-refractivity contribution < 1.29 is 18.4 Å². The Bertz CT molecular complexity index is 1120. The molecule has 2 fully saturated rings. The number of anilines is 1. The monoisotopic (exact) mass is 497 g/mol. The predicted octanol–water partition coefficient (Wildman–Crippen LogP) is 3.41. The minimum Gasteiger partial charge on any atom is -0.361 e. The van der Waals surface area contributed by atoms with Gasteiger partial charge in [-0.25, -0.2) is 13.8 Å². The molecule has 4 heterocycles. The van der Waals surface area contributed by atoms with Crippen LogP contribution in [-0.2, 0) is 17.8 Å². The zero-order valence-corrected chi connectivity index (χ0v) is 20.6. The molecule has 1 N–H and O–H groups in total. The first-order chi connectivity index (χ1) is 17.3. The fourth-order valence-electron chi connectivity index (χ4n) is 5.65. The average molecular weight is 498 g/mol. The number of aromatic nitrogens is 1. The number of halogens is 2. The SMILES string of the molecule is CC(=O)N1CCC(Nc2cc(C(=O)N3CCC(N4CCc5ccccc5C4)CC3)ccn2)C(F)(F)C1. The van der Waals surface area contributed by atoms with Gasteiger partial charge in [0.1, 0.15) is 5.82 Å². The van der Waals surface area contributed by atoms with Gasteiger partial charge in [-0.2, -0.15) is 0 Å². The van der Waals surface area contributed by atoms with Crippen molar-refractivity contribution in [1.82, 2.24) is 19.7 Å². The normalized spacial score (nSPS) is 22.7. The highest BCUT2D eigenvalue weighted by Gasteiger charge is 2.45. The van der Waals surface area contributed by atoms with Crippen molar-refractivity contribution in [3.05, 3.63) is 59.3 Å². The van der Waals surface area contributed by atoms with Gasteiger partial charge in [0.15, 0.2) is 0 Å². The predicted molar refractivity (Wildman–Crippen MR) is 133 cm³/mol. The number of nitrogens with one attached hydrogen (secondary N) is 1. The Balaban J connectivity index is 1.17. The number of likely N-dealkylation sites (tertiary alicyclic amines) is 2. The molecular formula is C27H33F2N5O2. The smallest absolute Gasteiger partial charge is 0.285 e. The fourth-order valence-corrected chi connectivity index (χ4v) is 5.65. The minimum absolute atomic E-state index is 0.0963. The molecular weight excluding hydrogens is 464 g/mol. The quantitative estimate of drug-likeness (QED) is 0.701. The first kappa shape index (κ1) is 24.6. The molecule has 1 unspecified atom stereocenters. The van der Waals surface area contributed by atoms with Crippen LogP contribution >= 0.6 is 0 Å². The molecule has 2 saturated heterocycles. The number of alkyl halides is 2. The molecule has 7 nitrogen and oxygen atoms in total. The minimum atomic E-state index is -3.08. The maximum Gasteiger partial charge on any atom is 0.285 e. The van der Waals surface area contributed by atoms with Crippen LogP contribution in [0.3, 0.4) is 0 Å². The van der Waals surface area contributed by atoms with Gasteiger partial charge in [-0.05, 0) is 48.9 Å². The zero-order valence-electron chi connectivity index (χ0n) is 20.6. The summed E-state index contributed by atoms with van der Waals surface area (Å²) in [5, 5.41) is 2.81. The Kier molecular flexibility index (Phi) is 6.92. The van der Waals surface area contributed by atoms with Gasteiger partial charge < -0.3 is 15.1 Å². The van der Waals surface area contributed by atoms with E-state index in [-0.39, 0.29) is 30.6 Å². The molecule has 5 rings (SSSR count). The third kappa shape index (κ3) is 5.21. The summed E-state index contributed by atoms with van der Waals surface area (Å²) in [6.45, 7) is 4.31. The van der Waals surface area contributed by atoms with E-state index in [2.05, 4.69) is 39.5 Å². The van der Waals surface area contributed by atoms with E-state index in [1.54, 1.807) is 12.1 Å². The topological polar surface area (TPSA) is 68.8 Å². The second kappa shape index (κ2) is 10.1. The van der Waals surface area contributed by atoms with E-state index in [1.807, 2.05) is 4.90 Å². The van der Waals surface area contributed by atoms with E-state index < -0.39 is 18.5 Å². The van der Waals surface area contributed by atoms with Crippen molar-refractivity contribution in [1.29, 1.82) is 0 Å². The van der Waals surface area contributed by atoms with Crippen LogP contribution in [0.25, 0.3) is 0 Å². The van der Waals surface area contributed by atoms with Crippen LogP contribution in [0.4, 0.5) is 14.6 Å². The number of carbonyl (C=O) groups excluding carboxylic acids is 2. The van der Waals surface area contributed by atoms with Crippen molar-refractivity contribution >= 4 is 17.6 Å². The summed E-state index contributed by atoms with van der Waals surface area (Å²) in [4.78, 5) is 34.4. The number of nitrogens with zero attached hydrogens (tertiary/aromatic N) is 4. The van der Waals surface area contributed by atoms with Gasteiger partial charge in [-0.15, -0.1) is 0 Å². The summed E-state index contributed by atoms with van der Waals surface area (Å²) in [6, 6.07) is 11.1. The largest absolute Gasteiger partial charge is 0.361 e. The van der Waals surface area contributed by atoms with Gasteiger partial charge >= 0.3 is 0 Å². The van der Waals surface area contributed by atoms with Crippen molar-refractivity contribution in [2.75, 3.05) is 38.0 Å². The molecule has 2 amide bonds. The molecule has 1 aromatic heterocycles. The number of pyridine rings is 1. The number of amides is 2. The van der Waals surface area contributed by atoms with E-state index in [0.717, 1.165) is 37.3 Å². The van der Waals surface area contributed by atoms with E-state index in [1.165, 1.54) is 24.2 Å². The summed E-state index contributed by atoms with van der Waals surface area (Å²) in [5.41, 5.74) is 3.28.